The van der Waals surface area contributed by atoms with Crippen LogP contribution >= 0.6 is 11.6 Å². The Kier molecular flexibility index (Phi) is 7.99. The lowest BCUT2D eigenvalue weighted by atomic mass is 9.86. The summed E-state index contributed by atoms with van der Waals surface area (Å²) in [4.78, 5) is 24.6. The van der Waals surface area contributed by atoms with E-state index in [2.05, 4.69) is 12.2 Å². The number of carbonyl (C=O) groups is 2. The predicted molar refractivity (Wildman–Crippen MR) is 118 cm³/mol. The van der Waals surface area contributed by atoms with Gasteiger partial charge in [-0.2, -0.15) is 4.31 Å². The topological polar surface area (TPSA) is 92.8 Å². The van der Waals surface area contributed by atoms with Gasteiger partial charge in [-0.3, -0.25) is 4.79 Å². The average molecular weight is 471 g/mol. The largest absolute Gasteiger partial charge is 0.452 e. The van der Waals surface area contributed by atoms with Crippen LogP contribution in [0.15, 0.2) is 23.1 Å². The molecule has 1 saturated heterocycles. The quantitative estimate of drug-likeness (QED) is 0.641. The third kappa shape index (κ3) is 5.99. The van der Waals surface area contributed by atoms with Gasteiger partial charge in [0.05, 0.1) is 10.6 Å². The summed E-state index contributed by atoms with van der Waals surface area (Å²) in [5.74, 6) is -0.445. The minimum absolute atomic E-state index is 0.0480. The lowest BCUT2D eigenvalue weighted by molar-refractivity contribution is -0.125. The van der Waals surface area contributed by atoms with Crippen LogP contribution in [0.3, 0.4) is 0 Å². The van der Waals surface area contributed by atoms with Crippen molar-refractivity contribution in [3.63, 3.8) is 0 Å². The molecular weight excluding hydrogens is 440 g/mol. The number of hydrogen-bond donors (Lipinski definition) is 1. The zero-order chi connectivity index (χ0) is 22.6. The van der Waals surface area contributed by atoms with Crippen LogP contribution < -0.4 is 5.32 Å². The molecule has 1 saturated carbocycles. The van der Waals surface area contributed by atoms with E-state index in [0.29, 0.717) is 19.0 Å². The Bertz CT molecular complexity index is 920. The molecular formula is C22H31ClN2O5S. The van der Waals surface area contributed by atoms with Crippen molar-refractivity contribution in [1.29, 1.82) is 0 Å². The fraction of sp³-hybridized carbons (Fsp3) is 0.636. The van der Waals surface area contributed by atoms with E-state index in [1.165, 1.54) is 28.9 Å². The van der Waals surface area contributed by atoms with E-state index in [1.807, 2.05) is 6.92 Å². The molecule has 3 rings (SSSR count). The molecule has 0 radical (unpaired) electrons. The molecule has 9 heteroatoms. The smallest absolute Gasteiger partial charge is 0.338 e. The Labute approximate surface area is 189 Å². The number of esters is 1. The Hall–Kier alpha value is -1.64. The van der Waals surface area contributed by atoms with Gasteiger partial charge in [0.25, 0.3) is 5.91 Å². The zero-order valence-corrected chi connectivity index (χ0v) is 19.7. The van der Waals surface area contributed by atoms with E-state index in [1.54, 1.807) is 0 Å². The van der Waals surface area contributed by atoms with Crippen molar-refractivity contribution in [3.05, 3.63) is 28.8 Å². The summed E-state index contributed by atoms with van der Waals surface area (Å²) >= 11 is 6.17. The molecule has 0 aromatic heterocycles. The summed E-state index contributed by atoms with van der Waals surface area (Å²) in [6.07, 6.45) is 6.01. The van der Waals surface area contributed by atoms with Crippen molar-refractivity contribution in [2.75, 3.05) is 19.7 Å². The van der Waals surface area contributed by atoms with Crippen LogP contribution in [0.25, 0.3) is 0 Å². The number of sulfonamides is 1. The lowest BCUT2D eigenvalue weighted by Crippen LogP contribution is -2.42. The summed E-state index contributed by atoms with van der Waals surface area (Å²) in [5.41, 5.74) is 0.0480. The fourth-order valence-electron chi connectivity index (χ4n) is 4.33. The minimum atomic E-state index is -3.82. The number of carbonyl (C=O) groups excluding carboxylic acids is 2. The van der Waals surface area contributed by atoms with E-state index >= 15 is 0 Å². The molecule has 172 valence electrons. The van der Waals surface area contributed by atoms with Crippen LogP contribution in [0.5, 0.6) is 0 Å². The standard InChI is InChI=1S/C22H31ClN2O5S/c1-15-6-5-11-25(13-15)31(28,29)20-12-17(9-10-18(20)23)22(27)30-14-21(26)24-19-8-4-3-7-16(19)2/h9-10,12,15-16,19H,3-8,11,13-14H2,1-2H3,(H,24,26). The van der Waals surface area contributed by atoms with Crippen LogP contribution in [-0.2, 0) is 19.6 Å². The minimum Gasteiger partial charge on any atom is -0.452 e. The first-order chi connectivity index (χ1) is 14.7. The molecule has 1 heterocycles. The van der Waals surface area contributed by atoms with Crippen LogP contribution in [0.2, 0.25) is 5.02 Å². The molecule has 2 fully saturated rings. The maximum Gasteiger partial charge on any atom is 0.338 e. The summed E-state index contributed by atoms with van der Waals surface area (Å²) in [6, 6.07) is 4.12. The van der Waals surface area contributed by atoms with Gasteiger partial charge in [0.1, 0.15) is 4.90 Å². The highest BCUT2D eigenvalue weighted by atomic mass is 35.5. The molecule has 1 N–H and O–H groups in total. The Morgan fingerprint density at radius 3 is 2.61 bits per heavy atom. The van der Waals surface area contributed by atoms with Crippen molar-refractivity contribution >= 4 is 33.5 Å². The van der Waals surface area contributed by atoms with Gasteiger partial charge in [-0.15, -0.1) is 0 Å². The first-order valence-corrected chi connectivity index (χ1v) is 12.8. The predicted octanol–water partition coefficient (Wildman–Crippen LogP) is 3.61. The van der Waals surface area contributed by atoms with Crippen LogP contribution in [0, 0.1) is 11.8 Å². The second kappa shape index (κ2) is 10.3. The molecule has 1 aliphatic carbocycles. The van der Waals surface area contributed by atoms with Gasteiger partial charge in [-0.05, 0) is 55.7 Å². The van der Waals surface area contributed by atoms with Gasteiger partial charge in [0.15, 0.2) is 6.61 Å². The Morgan fingerprint density at radius 2 is 1.90 bits per heavy atom. The van der Waals surface area contributed by atoms with E-state index in [-0.39, 0.29) is 33.3 Å². The Balaban J connectivity index is 1.65. The molecule has 1 aliphatic heterocycles. The van der Waals surface area contributed by atoms with Crippen LogP contribution in [0.4, 0.5) is 0 Å². The molecule has 1 aromatic carbocycles. The number of ether oxygens (including phenoxy) is 1. The number of piperidine rings is 1. The monoisotopic (exact) mass is 470 g/mol. The highest BCUT2D eigenvalue weighted by molar-refractivity contribution is 7.89. The number of amides is 1. The maximum absolute atomic E-state index is 13.1. The number of nitrogens with one attached hydrogen (secondary N) is 1. The van der Waals surface area contributed by atoms with Gasteiger partial charge in [0.2, 0.25) is 10.0 Å². The highest BCUT2D eigenvalue weighted by Gasteiger charge is 2.31. The second-order valence-corrected chi connectivity index (χ2v) is 11.1. The SMILES string of the molecule is CC1CCCN(S(=O)(=O)c2cc(C(=O)OCC(=O)NC3CCCCC3C)ccc2Cl)C1. The molecule has 0 spiro atoms. The molecule has 3 unspecified atom stereocenters. The average Bonchev–Trinajstić information content (AvgIpc) is 2.74. The fourth-order valence-corrected chi connectivity index (χ4v) is 6.42. The third-order valence-electron chi connectivity index (χ3n) is 6.20. The molecule has 1 aromatic rings. The van der Waals surface area contributed by atoms with Crippen LogP contribution in [0.1, 0.15) is 62.7 Å². The van der Waals surface area contributed by atoms with Crippen molar-refractivity contribution in [1.82, 2.24) is 9.62 Å². The van der Waals surface area contributed by atoms with Gasteiger partial charge in [-0.25, -0.2) is 13.2 Å². The van der Waals surface area contributed by atoms with E-state index in [4.69, 9.17) is 16.3 Å². The van der Waals surface area contributed by atoms with Crippen molar-refractivity contribution in [3.8, 4) is 0 Å². The summed E-state index contributed by atoms with van der Waals surface area (Å²) in [7, 11) is -3.82. The van der Waals surface area contributed by atoms with Crippen molar-refractivity contribution in [2.24, 2.45) is 11.8 Å². The van der Waals surface area contributed by atoms with E-state index in [9.17, 15) is 18.0 Å². The van der Waals surface area contributed by atoms with Gasteiger partial charge in [0, 0.05) is 19.1 Å². The Morgan fingerprint density at radius 1 is 1.16 bits per heavy atom. The molecule has 7 nitrogen and oxygen atoms in total. The van der Waals surface area contributed by atoms with E-state index < -0.39 is 22.6 Å². The first-order valence-electron chi connectivity index (χ1n) is 10.9. The third-order valence-corrected chi connectivity index (χ3v) is 8.54. The van der Waals surface area contributed by atoms with Crippen LogP contribution in [-0.4, -0.2) is 50.3 Å². The molecule has 1 amide bonds. The van der Waals surface area contributed by atoms with Gasteiger partial charge < -0.3 is 10.1 Å². The van der Waals surface area contributed by atoms with Crippen molar-refractivity contribution < 1.29 is 22.7 Å². The second-order valence-electron chi connectivity index (χ2n) is 8.77. The van der Waals surface area contributed by atoms with E-state index in [0.717, 1.165) is 32.1 Å². The zero-order valence-electron chi connectivity index (χ0n) is 18.1. The number of rotatable bonds is 6. The maximum atomic E-state index is 13.1. The number of benzene rings is 1. The van der Waals surface area contributed by atoms with Crippen molar-refractivity contribution in [2.45, 2.75) is 63.3 Å². The number of hydrogen-bond acceptors (Lipinski definition) is 5. The summed E-state index contributed by atoms with van der Waals surface area (Å²) in [5, 5.41) is 2.98. The number of nitrogens with zero attached hydrogens (tertiary/aromatic N) is 1. The highest BCUT2D eigenvalue weighted by Crippen LogP contribution is 2.29. The summed E-state index contributed by atoms with van der Waals surface area (Å²) in [6.45, 7) is 4.56. The van der Waals surface area contributed by atoms with Gasteiger partial charge >= 0.3 is 5.97 Å². The first kappa shape index (κ1) is 24.0. The van der Waals surface area contributed by atoms with Gasteiger partial charge in [-0.1, -0.05) is 38.3 Å². The summed E-state index contributed by atoms with van der Waals surface area (Å²) < 4.78 is 32.7. The normalized spacial score (nSPS) is 25.1. The number of halogens is 1. The molecule has 3 atom stereocenters. The molecule has 31 heavy (non-hydrogen) atoms. The molecule has 0 bridgehead atoms. The lowest BCUT2D eigenvalue weighted by Gasteiger charge is -2.30. The molecule has 2 aliphatic rings.